The van der Waals surface area contributed by atoms with E-state index >= 15 is 0 Å². The zero-order chi connectivity index (χ0) is 46.6. The van der Waals surface area contributed by atoms with E-state index < -0.39 is 24.4 Å². The molecular weight excluding hydrogens is 769 g/mol. The molecule has 8 heteroatoms. The molecule has 0 aromatic carbocycles. The normalized spacial score (nSPS) is 13.7. The predicted molar refractivity (Wildman–Crippen MR) is 268 cm³/mol. The highest BCUT2D eigenvalue weighted by molar-refractivity contribution is 6.29. The predicted octanol–water partition coefficient (Wildman–Crippen LogP) is 13.6. The fourth-order valence-electron chi connectivity index (χ4n) is 9.12. The molecule has 0 radical (unpaired) electrons. The summed E-state index contributed by atoms with van der Waals surface area (Å²) in [6, 6.07) is 0. The van der Waals surface area contributed by atoms with Gasteiger partial charge in [0.2, 0.25) is 0 Å². The lowest BCUT2D eigenvalue weighted by Gasteiger charge is -2.42. The maximum absolute atomic E-state index is 14.0. The van der Waals surface area contributed by atoms with Crippen molar-refractivity contribution in [3.63, 3.8) is 0 Å². The minimum atomic E-state index is -0.824. The Labute approximate surface area is 389 Å². The third-order valence-electron chi connectivity index (χ3n) is 13.9. The van der Waals surface area contributed by atoms with Crippen molar-refractivity contribution in [1.82, 2.24) is 0 Å². The average molecular weight is 884 g/mol. The highest BCUT2D eigenvalue weighted by atomic mass is 16.6. The van der Waals surface area contributed by atoms with Crippen LogP contribution in [0.15, 0.2) is 0 Å². The third kappa shape index (κ3) is 33.3. The first-order valence-electron chi connectivity index (χ1n) is 27.2. The number of quaternary nitrogens is 4. The average Bonchev–Trinajstić information content (AvgIpc) is 3.21. The van der Waals surface area contributed by atoms with Gasteiger partial charge in [-0.05, 0) is 51.4 Å². The molecule has 0 saturated carbocycles. The molecule has 0 aromatic rings. The Kier molecular flexibility index (Phi) is 36.2. The number of hydrogen-bond donors (Lipinski definition) is 0. The molecule has 2 unspecified atom stereocenters. The molecule has 0 saturated heterocycles. The van der Waals surface area contributed by atoms with Crippen LogP contribution in [0.5, 0.6) is 0 Å². The van der Waals surface area contributed by atoms with E-state index in [4.69, 9.17) is 9.47 Å². The summed E-state index contributed by atoms with van der Waals surface area (Å²) in [5, 5.41) is 0. The number of carbonyl (C=O) groups is 2. The molecule has 0 aromatic heterocycles. The minimum Gasteiger partial charge on any atom is -0.398 e. The van der Waals surface area contributed by atoms with Crippen LogP contribution in [0.25, 0.3) is 0 Å². The molecule has 0 aliphatic carbocycles. The highest BCUT2D eigenvalue weighted by Crippen LogP contribution is 2.22. The number of nitrogens with zero attached hydrogens (tertiary/aromatic N) is 4. The van der Waals surface area contributed by atoms with E-state index in [9.17, 15) is 9.59 Å². The van der Waals surface area contributed by atoms with Gasteiger partial charge in [-0.15, -0.1) is 0 Å². The zero-order valence-electron chi connectivity index (χ0n) is 44.4. The van der Waals surface area contributed by atoms with Crippen LogP contribution in [0.4, 0.5) is 0 Å². The molecule has 0 fully saturated rings. The topological polar surface area (TPSA) is 52.6 Å². The summed E-state index contributed by atoms with van der Waals surface area (Å²) in [5.74, 6) is -1.65. The summed E-state index contributed by atoms with van der Waals surface area (Å²) in [4.78, 5) is 28.1. The standard InChI is InChI=1S/C54H114N4O4/c1-13-17-21-25-29-33-37-41-45-55(5,6)49-51(57(9,10)47-43-39-35-31-27-23-19-15-3)61-53(59)54(60)62-52(58(11,12)48-44-40-36-32-28-24-20-16-4)50-56(7,8)46-42-38-34-30-26-22-18-14-2/h51-52H,13-50H2,1-12H3/q+4. The molecular formula is C54H114N4O4+4. The first-order chi connectivity index (χ1) is 29.5. The first kappa shape index (κ1) is 60.8. The van der Waals surface area contributed by atoms with Crippen molar-refractivity contribution >= 4 is 11.9 Å². The molecule has 370 valence electrons. The van der Waals surface area contributed by atoms with Crippen molar-refractivity contribution < 1.29 is 37.0 Å². The van der Waals surface area contributed by atoms with Gasteiger partial charge >= 0.3 is 11.9 Å². The Hall–Kier alpha value is -1.22. The van der Waals surface area contributed by atoms with Gasteiger partial charge in [0.15, 0.2) is 13.1 Å². The SMILES string of the molecule is CCCCCCCCCC[N+](C)(C)CC(OC(=O)C(=O)OC(C[N+](C)(C)CCCCCCCCCC)[N+](C)(C)CCCCCCCCCC)[N+](C)(C)CCCCCCCCCC. The minimum absolute atomic E-state index is 0.434. The van der Waals surface area contributed by atoms with Crippen molar-refractivity contribution in [2.24, 2.45) is 0 Å². The number of carbonyl (C=O) groups excluding carboxylic acids is 2. The number of hydrogen-bond acceptors (Lipinski definition) is 4. The van der Waals surface area contributed by atoms with Crippen LogP contribution >= 0.6 is 0 Å². The molecule has 0 aliphatic rings. The Bertz CT molecular complexity index is 979. The maximum atomic E-state index is 14.0. The van der Waals surface area contributed by atoms with Crippen molar-refractivity contribution in [3.8, 4) is 0 Å². The Morgan fingerprint density at radius 3 is 0.726 bits per heavy atom. The van der Waals surface area contributed by atoms with Gasteiger partial charge in [0.05, 0.1) is 82.6 Å². The molecule has 0 N–H and O–H groups in total. The van der Waals surface area contributed by atoms with Crippen molar-refractivity contribution in [3.05, 3.63) is 0 Å². The molecule has 0 aliphatic heterocycles. The second-order valence-corrected chi connectivity index (χ2v) is 22.3. The van der Waals surface area contributed by atoms with Crippen molar-refractivity contribution in [2.45, 2.75) is 246 Å². The van der Waals surface area contributed by atoms with Gasteiger partial charge in [-0.25, -0.2) is 9.59 Å². The number of unbranched alkanes of at least 4 members (excludes halogenated alkanes) is 28. The number of esters is 2. The van der Waals surface area contributed by atoms with Crippen LogP contribution in [0.3, 0.4) is 0 Å². The summed E-state index contributed by atoms with van der Waals surface area (Å²) in [5.41, 5.74) is 0. The van der Waals surface area contributed by atoms with E-state index in [1.54, 1.807) is 0 Å². The Balaban J connectivity index is 5.93. The smallest absolute Gasteiger partial charge is 0.398 e. The van der Waals surface area contributed by atoms with Crippen LogP contribution in [0.1, 0.15) is 233 Å². The molecule has 8 nitrogen and oxygen atoms in total. The lowest BCUT2D eigenvalue weighted by molar-refractivity contribution is -0.981. The lowest BCUT2D eigenvalue weighted by atomic mass is 10.1. The Morgan fingerprint density at radius 1 is 0.306 bits per heavy atom. The number of ether oxygens (including phenoxy) is 2. The Morgan fingerprint density at radius 2 is 0.500 bits per heavy atom. The van der Waals surface area contributed by atoms with E-state index in [1.807, 2.05) is 0 Å². The number of rotatable bonds is 44. The second kappa shape index (κ2) is 36.9. The molecule has 2 atom stereocenters. The van der Waals surface area contributed by atoms with E-state index in [-0.39, 0.29) is 0 Å². The van der Waals surface area contributed by atoms with Crippen LogP contribution in [-0.2, 0) is 19.1 Å². The summed E-state index contributed by atoms with van der Waals surface area (Å²) in [7, 11) is 17.8. The third-order valence-corrected chi connectivity index (χ3v) is 13.9. The quantitative estimate of drug-likeness (QED) is 0.0201. The van der Waals surface area contributed by atoms with Crippen molar-refractivity contribution in [2.75, 3.05) is 95.6 Å². The lowest BCUT2D eigenvalue weighted by Crippen LogP contribution is -2.61. The van der Waals surface area contributed by atoms with Gasteiger partial charge in [0, 0.05) is 0 Å². The monoisotopic (exact) mass is 883 g/mol. The van der Waals surface area contributed by atoms with Crippen molar-refractivity contribution in [1.29, 1.82) is 0 Å². The highest BCUT2D eigenvalue weighted by Gasteiger charge is 2.43. The van der Waals surface area contributed by atoms with E-state index in [0.717, 1.165) is 60.8 Å². The molecule has 62 heavy (non-hydrogen) atoms. The van der Waals surface area contributed by atoms with E-state index in [2.05, 4.69) is 84.1 Å². The summed E-state index contributed by atoms with van der Waals surface area (Å²) < 4.78 is 15.4. The fraction of sp³-hybridized carbons (Fsp3) is 0.963. The first-order valence-corrected chi connectivity index (χ1v) is 27.2. The van der Waals surface area contributed by atoms with E-state index in [1.165, 1.54) is 180 Å². The summed E-state index contributed by atoms with van der Waals surface area (Å²) in [6.45, 7) is 14.3. The molecule has 0 rings (SSSR count). The van der Waals surface area contributed by atoms with Gasteiger partial charge in [-0.1, -0.05) is 182 Å². The van der Waals surface area contributed by atoms with Gasteiger partial charge in [0.25, 0.3) is 12.5 Å². The molecule has 0 spiro atoms. The van der Waals surface area contributed by atoms with Crippen LogP contribution in [0, 0.1) is 0 Å². The molecule has 0 amide bonds. The van der Waals surface area contributed by atoms with Crippen LogP contribution < -0.4 is 0 Å². The van der Waals surface area contributed by atoms with Gasteiger partial charge in [0.1, 0.15) is 0 Å². The molecule has 0 heterocycles. The van der Waals surface area contributed by atoms with Crippen LogP contribution in [-0.4, -0.2) is 138 Å². The van der Waals surface area contributed by atoms with Crippen LogP contribution in [0.2, 0.25) is 0 Å². The second-order valence-electron chi connectivity index (χ2n) is 22.3. The summed E-state index contributed by atoms with van der Waals surface area (Å²) >= 11 is 0. The van der Waals surface area contributed by atoms with E-state index in [0.29, 0.717) is 22.1 Å². The molecule has 0 bridgehead atoms. The van der Waals surface area contributed by atoms with Gasteiger partial charge < -0.3 is 18.4 Å². The zero-order valence-corrected chi connectivity index (χ0v) is 44.4. The largest absolute Gasteiger partial charge is 0.422 e. The maximum Gasteiger partial charge on any atom is 0.422 e. The number of likely N-dealkylation sites (N-methyl/N-ethyl adjacent to an activating group) is 4. The fourth-order valence-corrected chi connectivity index (χ4v) is 9.12. The summed E-state index contributed by atoms with van der Waals surface area (Å²) in [6.07, 6.45) is 40.0. The van der Waals surface area contributed by atoms with Gasteiger partial charge in [-0.2, -0.15) is 0 Å². The van der Waals surface area contributed by atoms with Gasteiger partial charge in [-0.3, -0.25) is 8.97 Å².